The Bertz CT molecular complexity index is 553. The highest BCUT2D eigenvalue weighted by Crippen LogP contribution is 2.26. The highest BCUT2D eigenvalue weighted by Gasteiger charge is 2.14. The Morgan fingerprint density at radius 1 is 0.818 bits per heavy atom. The molecule has 0 radical (unpaired) electrons. The zero-order chi connectivity index (χ0) is 15.9. The SMILES string of the molecule is CCCc1ccc(N(C(N)=O)c2ccc(CCC)cc2)cc1. The second kappa shape index (κ2) is 7.64. The molecule has 22 heavy (non-hydrogen) atoms. The van der Waals surface area contributed by atoms with Gasteiger partial charge in [0.1, 0.15) is 0 Å². The number of hydrogen-bond acceptors (Lipinski definition) is 1. The molecule has 0 aromatic heterocycles. The molecule has 2 aromatic carbocycles. The van der Waals surface area contributed by atoms with Gasteiger partial charge in [-0.15, -0.1) is 0 Å². The number of hydrogen-bond donors (Lipinski definition) is 1. The number of carbonyl (C=O) groups is 1. The molecular formula is C19H24N2O. The lowest BCUT2D eigenvalue weighted by Crippen LogP contribution is -2.31. The lowest BCUT2D eigenvalue weighted by atomic mass is 10.1. The van der Waals surface area contributed by atoms with E-state index in [1.54, 1.807) is 4.90 Å². The van der Waals surface area contributed by atoms with Gasteiger partial charge in [-0.3, -0.25) is 4.90 Å². The maximum atomic E-state index is 11.9. The Labute approximate surface area is 132 Å². The van der Waals surface area contributed by atoms with Crippen LogP contribution < -0.4 is 10.6 Å². The Morgan fingerprint density at radius 2 is 1.18 bits per heavy atom. The maximum absolute atomic E-state index is 11.9. The molecule has 0 aliphatic carbocycles. The molecule has 116 valence electrons. The van der Waals surface area contributed by atoms with E-state index in [9.17, 15) is 4.79 Å². The number of nitrogens with two attached hydrogens (primary N) is 1. The molecule has 2 aromatic rings. The van der Waals surface area contributed by atoms with Gasteiger partial charge in [0.25, 0.3) is 0 Å². The fraction of sp³-hybridized carbons (Fsp3) is 0.316. The fourth-order valence-electron chi connectivity index (χ4n) is 2.60. The van der Waals surface area contributed by atoms with Crippen molar-refractivity contribution in [2.75, 3.05) is 4.90 Å². The van der Waals surface area contributed by atoms with Crippen LogP contribution in [0.25, 0.3) is 0 Å². The van der Waals surface area contributed by atoms with Crippen LogP contribution in [-0.2, 0) is 12.8 Å². The minimum Gasteiger partial charge on any atom is -0.351 e. The number of anilines is 2. The van der Waals surface area contributed by atoms with E-state index in [2.05, 4.69) is 38.1 Å². The lowest BCUT2D eigenvalue weighted by Gasteiger charge is -2.21. The molecule has 0 saturated carbocycles. The highest BCUT2D eigenvalue weighted by molar-refractivity contribution is 5.98. The first kappa shape index (κ1) is 16.1. The van der Waals surface area contributed by atoms with Gasteiger partial charge < -0.3 is 5.73 Å². The fourth-order valence-corrected chi connectivity index (χ4v) is 2.60. The molecule has 0 fully saturated rings. The number of urea groups is 1. The van der Waals surface area contributed by atoms with Gasteiger partial charge >= 0.3 is 6.03 Å². The minimum atomic E-state index is -0.466. The average Bonchev–Trinajstić information content (AvgIpc) is 2.51. The molecule has 0 aliphatic rings. The monoisotopic (exact) mass is 296 g/mol. The standard InChI is InChI=1S/C19H24N2O/c1-3-5-15-7-11-17(12-8-15)21(19(20)22)18-13-9-16(6-4-2)10-14-18/h7-14H,3-6H2,1-2H3,(H2,20,22). The summed E-state index contributed by atoms with van der Waals surface area (Å²) in [6.07, 6.45) is 4.31. The van der Waals surface area contributed by atoms with E-state index in [-0.39, 0.29) is 0 Å². The number of rotatable bonds is 6. The number of carbonyl (C=O) groups excluding carboxylic acids is 1. The highest BCUT2D eigenvalue weighted by atomic mass is 16.2. The van der Waals surface area contributed by atoms with Crippen LogP contribution in [-0.4, -0.2) is 6.03 Å². The predicted octanol–water partition coefficient (Wildman–Crippen LogP) is 4.81. The molecule has 3 heteroatoms. The molecule has 0 heterocycles. The van der Waals surface area contributed by atoms with Crippen LogP contribution in [0.4, 0.5) is 16.2 Å². The van der Waals surface area contributed by atoms with Crippen LogP contribution in [0.3, 0.4) is 0 Å². The molecule has 2 rings (SSSR count). The molecular weight excluding hydrogens is 272 g/mol. The first-order valence-electron chi connectivity index (χ1n) is 7.93. The molecule has 0 spiro atoms. The lowest BCUT2D eigenvalue weighted by molar-refractivity contribution is 0.256. The minimum absolute atomic E-state index is 0.466. The van der Waals surface area contributed by atoms with E-state index in [1.807, 2.05) is 24.3 Å². The van der Waals surface area contributed by atoms with Crippen LogP contribution in [0.15, 0.2) is 48.5 Å². The molecule has 2 N–H and O–H groups in total. The van der Waals surface area contributed by atoms with E-state index in [1.165, 1.54) is 11.1 Å². The number of aryl methyl sites for hydroxylation is 2. The van der Waals surface area contributed by atoms with Crippen LogP contribution >= 0.6 is 0 Å². The van der Waals surface area contributed by atoms with Crippen molar-refractivity contribution in [2.45, 2.75) is 39.5 Å². The maximum Gasteiger partial charge on any atom is 0.323 e. The molecule has 0 atom stereocenters. The third kappa shape index (κ3) is 3.88. The summed E-state index contributed by atoms with van der Waals surface area (Å²) in [6.45, 7) is 4.31. The first-order chi connectivity index (χ1) is 10.7. The van der Waals surface area contributed by atoms with Gasteiger partial charge in [0.2, 0.25) is 0 Å². The quantitative estimate of drug-likeness (QED) is 0.817. The van der Waals surface area contributed by atoms with E-state index in [4.69, 9.17) is 5.73 Å². The summed E-state index contributed by atoms with van der Waals surface area (Å²) in [4.78, 5) is 13.4. The van der Waals surface area contributed by atoms with Gasteiger partial charge in [0, 0.05) is 0 Å². The topological polar surface area (TPSA) is 46.3 Å². The molecule has 0 aliphatic heterocycles. The normalized spacial score (nSPS) is 10.5. The van der Waals surface area contributed by atoms with E-state index >= 15 is 0 Å². The average molecular weight is 296 g/mol. The van der Waals surface area contributed by atoms with Crippen LogP contribution in [0.2, 0.25) is 0 Å². The summed E-state index contributed by atoms with van der Waals surface area (Å²) in [6, 6.07) is 15.6. The summed E-state index contributed by atoms with van der Waals surface area (Å²) in [5, 5.41) is 0. The summed E-state index contributed by atoms with van der Waals surface area (Å²) in [7, 11) is 0. The Morgan fingerprint density at radius 3 is 1.45 bits per heavy atom. The van der Waals surface area contributed by atoms with Crippen LogP contribution in [0.5, 0.6) is 0 Å². The van der Waals surface area contributed by atoms with Crippen molar-refractivity contribution in [3.05, 3.63) is 59.7 Å². The molecule has 3 nitrogen and oxygen atoms in total. The molecule has 2 amide bonds. The van der Waals surface area contributed by atoms with Crippen LogP contribution in [0, 0.1) is 0 Å². The van der Waals surface area contributed by atoms with Gasteiger partial charge in [-0.25, -0.2) is 4.79 Å². The zero-order valence-corrected chi connectivity index (χ0v) is 13.4. The van der Waals surface area contributed by atoms with Gasteiger partial charge in [0.15, 0.2) is 0 Å². The number of primary amides is 1. The molecule has 0 unspecified atom stereocenters. The van der Waals surface area contributed by atoms with E-state index in [0.717, 1.165) is 37.1 Å². The second-order valence-electron chi connectivity index (χ2n) is 5.51. The Balaban J connectivity index is 2.27. The molecule has 0 saturated heterocycles. The van der Waals surface area contributed by atoms with Gasteiger partial charge in [-0.2, -0.15) is 0 Å². The van der Waals surface area contributed by atoms with E-state index < -0.39 is 6.03 Å². The number of amides is 2. The summed E-state index contributed by atoms with van der Waals surface area (Å²) >= 11 is 0. The van der Waals surface area contributed by atoms with Crippen molar-refractivity contribution in [2.24, 2.45) is 5.73 Å². The predicted molar refractivity (Wildman–Crippen MR) is 92.6 cm³/mol. The second-order valence-corrected chi connectivity index (χ2v) is 5.51. The number of benzene rings is 2. The van der Waals surface area contributed by atoms with Crippen molar-refractivity contribution in [3.8, 4) is 0 Å². The van der Waals surface area contributed by atoms with Crippen LogP contribution in [0.1, 0.15) is 37.8 Å². The third-order valence-electron chi connectivity index (χ3n) is 3.69. The zero-order valence-electron chi connectivity index (χ0n) is 13.4. The Hall–Kier alpha value is -2.29. The molecule has 0 bridgehead atoms. The van der Waals surface area contributed by atoms with Crippen molar-refractivity contribution >= 4 is 17.4 Å². The van der Waals surface area contributed by atoms with Gasteiger partial charge in [-0.1, -0.05) is 51.0 Å². The summed E-state index contributed by atoms with van der Waals surface area (Å²) in [5.41, 5.74) is 9.73. The van der Waals surface area contributed by atoms with Crippen molar-refractivity contribution in [1.82, 2.24) is 0 Å². The van der Waals surface area contributed by atoms with E-state index in [0.29, 0.717) is 0 Å². The third-order valence-corrected chi connectivity index (χ3v) is 3.69. The van der Waals surface area contributed by atoms with Crippen molar-refractivity contribution < 1.29 is 4.79 Å². The number of nitrogens with zero attached hydrogens (tertiary/aromatic N) is 1. The summed E-state index contributed by atoms with van der Waals surface area (Å²) < 4.78 is 0. The largest absolute Gasteiger partial charge is 0.351 e. The Kier molecular flexibility index (Phi) is 5.59. The van der Waals surface area contributed by atoms with Crippen molar-refractivity contribution in [3.63, 3.8) is 0 Å². The van der Waals surface area contributed by atoms with Gasteiger partial charge in [0.05, 0.1) is 11.4 Å². The van der Waals surface area contributed by atoms with Gasteiger partial charge in [-0.05, 0) is 48.2 Å². The smallest absolute Gasteiger partial charge is 0.323 e. The first-order valence-corrected chi connectivity index (χ1v) is 7.93. The van der Waals surface area contributed by atoms with Crippen molar-refractivity contribution in [1.29, 1.82) is 0 Å². The summed E-state index contributed by atoms with van der Waals surface area (Å²) in [5.74, 6) is 0.